The second-order valence-corrected chi connectivity index (χ2v) is 6.46. The molecule has 5 heteroatoms. The molecule has 21 heavy (non-hydrogen) atoms. The van der Waals surface area contributed by atoms with Crippen LogP contribution in [0.5, 0.6) is 0 Å². The van der Waals surface area contributed by atoms with Gasteiger partial charge in [0.25, 0.3) is 0 Å². The lowest BCUT2D eigenvalue weighted by atomic mass is 9.97. The number of hydrogen-bond acceptors (Lipinski definition) is 2. The van der Waals surface area contributed by atoms with Crippen molar-refractivity contribution in [2.24, 2.45) is 5.92 Å². The number of rotatable bonds is 4. The molecule has 2 atom stereocenters. The Kier molecular flexibility index (Phi) is 3.66. The van der Waals surface area contributed by atoms with Gasteiger partial charge in [-0.15, -0.1) is 0 Å². The Balaban J connectivity index is 1.68. The van der Waals surface area contributed by atoms with Gasteiger partial charge < -0.3 is 10.4 Å². The molecular weight excluding hydrogens is 290 g/mol. The van der Waals surface area contributed by atoms with E-state index in [0.29, 0.717) is 17.9 Å². The third-order valence-electron chi connectivity index (χ3n) is 4.66. The molecule has 1 amide bonds. The minimum atomic E-state index is -1.05. The molecule has 0 radical (unpaired) electrons. The van der Waals surface area contributed by atoms with E-state index in [1.807, 2.05) is 24.3 Å². The largest absolute Gasteiger partial charge is 0.480 e. The highest BCUT2D eigenvalue weighted by molar-refractivity contribution is 6.31. The lowest BCUT2D eigenvalue weighted by molar-refractivity contribution is -0.147. The number of amides is 1. The monoisotopic (exact) mass is 307 g/mol. The standard InChI is InChI=1S/C16H18ClNO3/c17-13-6-2-1-5-10(13)11-9-12(11)14(19)18-16(15(20)21)7-3-4-8-16/h1-2,5-6,11-12H,3-4,7-9H2,(H,18,19)(H,20,21). The van der Waals surface area contributed by atoms with Crippen molar-refractivity contribution in [1.29, 1.82) is 0 Å². The highest BCUT2D eigenvalue weighted by Gasteiger charge is 2.49. The van der Waals surface area contributed by atoms with E-state index in [2.05, 4.69) is 5.32 Å². The van der Waals surface area contributed by atoms with E-state index in [1.54, 1.807) is 0 Å². The normalized spacial score (nSPS) is 26.3. The first kappa shape index (κ1) is 14.4. The maximum atomic E-state index is 12.3. The Bertz CT molecular complexity index is 581. The predicted molar refractivity (Wildman–Crippen MR) is 79.3 cm³/mol. The highest BCUT2D eigenvalue weighted by atomic mass is 35.5. The highest BCUT2D eigenvalue weighted by Crippen LogP contribution is 2.50. The Morgan fingerprint density at radius 1 is 1.24 bits per heavy atom. The SMILES string of the molecule is O=C(NC1(C(=O)O)CCCC1)C1CC1c1ccccc1Cl. The molecule has 1 aromatic rings. The number of carbonyl (C=O) groups is 2. The van der Waals surface area contributed by atoms with Gasteiger partial charge in [-0.3, -0.25) is 4.79 Å². The van der Waals surface area contributed by atoms with E-state index in [9.17, 15) is 14.7 Å². The van der Waals surface area contributed by atoms with Crippen molar-refractivity contribution in [1.82, 2.24) is 5.32 Å². The van der Waals surface area contributed by atoms with Gasteiger partial charge in [0.15, 0.2) is 0 Å². The first-order valence-corrected chi connectivity index (χ1v) is 7.71. The quantitative estimate of drug-likeness (QED) is 0.898. The topological polar surface area (TPSA) is 66.4 Å². The lowest BCUT2D eigenvalue weighted by Crippen LogP contribution is -2.53. The van der Waals surface area contributed by atoms with Crippen LogP contribution in [0.1, 0.15) is 43.6 Å². The van der Waals surface area contributed by atoms with E-state index >= 15 is 0 Å². The third-order valence-corrected chi connectivity index (χ3v) is 5.01. The average molecular weight is 308 g/mol. The van der Waals surface area contributed by atoms with Crippen molar-refractivity contribution >= 4 is 23.5 Å². The van der Waals surface area contributed by atoms with Gasteiger partial charge in [-0.25, -0.2) is 4.79 Å². The number of nitrogens with one attached hydrogen (secondary N) is 1. The maximum absolute atomic E-state index is 12.3. The predicted octanol–water partition coefficient (Wildman–Crippen LogP) is 2.96. The van der Waals surface area contributed by atoms with Gasteiger partial charge in [0.1, 0.15) is 5.54 Å². The fraction of sp³-hybridized carbons (Fsp3) is 0.500. The smallest absolute Gasteiger partial charge is 0.329 e. The molecule has 2 aliphatic carbocycles. The molecule has 1 aromatic carbocycles. The summed E-state index contributed by atoms with van der Waals surface area (Å²) in [5, 5.41) is 12.9. The summed E-state index contributed by atoms with van der Waals surface area (Å²) in [7, 11) is 0. The lowest BCUT2D eigenvalue weighted by Gasteiger charge is -2.25. The van der Waals surface area contributed by atoms with E-state index in [4.69, 9.17) is 11.6 Å². The fourth-order valence-corrected chi connectivity index (χ4v) is 3.58. The molecule has 4 nitrogen and oxygen atoms in total. The summed E-state index contributed by atoms with van der Waals surface area (Å²) in [6.45, 7) is 0. The van der Waals surface area contributed by atoms with E-state index in [-0.39, 0.29) is 17.7 Å². The Hall–Kier alpha value is -1.55. The summed E-state index contributed by atoms with van der Waals surface area (Å²) in [5.41, 5.74) is -0.0693. The molecule has 0 spiro atoms. The average Bonchev–Trinajstić information content (AvgIpc) is 3.11. The van der Waals surface area contributed by atoms with Crippen LogP contribution in [0.2, 0.25) is 5.02 Å². The third kappa shape index (κ3) is 2.64. The summed E-state index contributed by atoms with van der Waals surface area (Å²) < 4.78 is 0. The fourth-order valence-electron chi connectivity index (χ4n) is 3.30. The first-order chi connectivity index (χ1) is 10.0. The Labute approximate surface area is 128 Å². The molecule has 2 fully saturated rings. The second kappa shape index (κ2) is 5.34. The van der Waals surface area contributed by atoms with Crippen LogP contribution in [0.25, 0.3) is 0 Å². The van der Waals surface area contributed by atoms with Gasteiger partial charge in [0.05, 0.1) is 0 Å². The van der Waals surface area contributed by atoms with Crippen molar-refractivity contribution in [3.05, 3.63) is 34.9 Å². The zero-order valence-electron chi connectivity index (χ0n) is 11.6. The molecule has 112 valence electrons. The van der Waals surface area contributed by atoms with Gasteiger partial charge in [0, 0.05) is 10.9 Å². The van der Waals surface area contributed by atoms with Crippen LogP contribution in [0.4, 0.5) is 0 Å². The van der Waals surface area contributed by atoms with Crippen LogP contribution in [-0.4, -0.2) is 22.5 Å². The van der Waals surface area contributed by atoms with E-state index in [1.165, 1.54) is 0 Å². The van der Waals surface area contributed by atoms with Gasteiger partial charge in [-0.05, 0) is 36.8 Å². The van der Waals surface area contributed by atoms with Crippen LogP contribution >= 0.6 is 11.6 Å². The van der Waals surface area contributed by atoms with Gasteiger partial charge in [-0.1, -0.05) is 42.6 Å². The minimum Gasteiger partial charge on any atom is -0.480 e. The number of hydrogen-bond donors (Lipinski definition) is 2. The van der Waals surface area contributed by atoms with Crippen molar-refractivity contribution in [3.8, 4) is 0 Å². The molecule has 0 aromatic heterocycles. The van der Waals surface area contributed by atoms with Crippen molar-refractivity contribution in [2.75, 3.05) is 0 Å². The van der Waals surface area contributed by atoms with Crippen molar-refractivity contribution < 1.29 is 14.7 Å². The van der Waals surface area contributed by atoms with Crippen LogP contribution in [0.15, 0.2) is 24.3 Å². The first-order valence-electron chi connectivity index (χ1n) is 7.33. The van der Waals surface area contributed by atoms with Crippen LogP contribution < -0.4 is 5.32 Å². The summed E-state index contributed by atoms with van der Waals surface area (Å²) in [4.78, 5) is 23.8. The number of carboxylic acid groups (broad SMARTS) is 1. The minimum absolute atomic E-state index is 0.117. The zero-order valence-corrected chi connectivity index (χ0v) is 12.4. The summed E-state index contributed by atoms with van der Waals surface area (Å²) in [6, 6.07) is 7.52. The van der Waals surface area contributed by atoms with Gasteiger partial charge >= 0.3 is 5.97 Å². The Morgan fingerprint density at radius 3 is 2.52 bits per heavy atom. The van der Waals surface area contributed by atoms with Crippen LogP contribution in [0.3, 0.4) is 0 Å². The number of aliphatic carboxylic acids is 1. The molecule has 3 rings (SSSR count). The number of halogens is 1. The summed E-state index contributed by atoms with van der Waals surface area (Å²) in [5.74, 6) is -1.10. The van der Waals surface area contributed by atoms with Crippen LogP contribution in [-0.2, 0) is 9.59 Å². The van der Waals surface area contributed by atoms with Gasteiger partial charge in [0.2, 0.25) is 5.91 Å². The van der Waals surface area contributed by atoms with E-state index in [0.717, 1.165) is 24.8 Å². The maximum Gasteiger partial charge on any atom is 0.329 e. The van der Waals surface area contributed by atoms with Crippen LogP contribution in [0, 0.1) is 5.92 Å². The molecule has 0 saturated heterocycles. The molecule has 0 bridgehead atoms. The summed E-state index contributed by atoms with van der Waals surface area (Å²) in [6.07, 6.45) is 3.50. The molecule has 2 aliphatic rings. The second-order valence-electron chi connectivity index (χ2n) is 6.05. The number of benzene rings is 1. The van der Waals surface area contributed by atoms with Crippen molar-refractivity contribution in [2.45, 2.75) is 43.6 Å². The number of carbonyl (C=O) groups excluding carboxylic acids is 1. The molecule has 2 saturated carbocycles. The molecule has 2 unspecified atom stereocenters. The van der Waals surface area contributed by atoms with E-state index < -0.39 is 11.5 Å². The zero-order chi connectivity index (χ0) is 15.0. The van der Waals surface area contributed by atoms with Crippen molar-refractivity contribution in [3.63, 3.8) is 0 Å². The Morgan fingerprint density at radius 2 is 1.90 bits per heavy atom. The number of carboxylic acids is 1. The molecular formula is C16H18ClNO3. The van der Waals surface area contributed by atoms with Gasteiger partial charge in [-0.2, -0.15) is 0 Å². The summed E-state index contributed by atoms with van der Waals surface area (Å²) >= 11 is 6.15. The molecule has 0 aliphatic heterocycles. The molecule has 2 N–H and O–H groups in total. The molecule has 0 heterocycles.